The van der Waals surface area contributed by atoms with Gasteiger partial charge in [0.25, 0.3) is 0 Å². The van der Waals surface area contributed by atoms with E-state index in [4.69, 9.17) is 5.73 Å². The molecular formula is C17H17N3. The lowest BCUT2D eigenvalue weighted by molar-refractivity contribution is 1.33. The van der Waals surface area contributed by atoms with Gasteiger partial charge in [0.1, 0.15) is 0 Å². The van der Waals surface area contributed by atoms with Gasteiger partial charge in [0.05, 0.1) is 0 Å². The zero-order chi connectivity index (χ0) is 14.1. The Morgan fingerprint density at radius 1 is 0.950 bits per heavy atom. The van der Waals surface area contributed by atoms with Gasteiger partial charge >= 0.3 is 0 Å². The van der Waals surface area contributed by atoms with Crippen LogP contribution in [0.15, 0.2) is 48.8 Å². The number of nitrogens with two attached hydrogens (primary N) is 1. The van der Waals surface area contributed by atoms with Crippen molar-refractivity contribution in [3.63, 3.8) is 0 Å². The van der Waals surface area contributed by atoms with Gasteiger partial charge in [-0.3, -0.25) is 4.98 Å². The van der Waals surface area contributed by atoms with Crippen LogP contribution < -0.4 is 11.1 Å². The Morgan fingerprint density at radius 2 is 1.80 bits per heavy atom. The summed E-state index contributed by atoms with van der Waals surface area (Å²) in [5, 5.41) is 5.50. The maximum atomic E-state index is 6.01. The summed E-state index contributed by atoms with van der Waals surface area (Å²) < 4.78 is 0. The molecule has 0 unspecified atom stereocenters. The van der Waals surface area contributed by atoms with E-state index in [2.05, 4.69) is 42.3 Å². The molecule has 1 aromatic heterocycles. The largest absolute Gasteiger partial charge is 0.398 e. The van der Waals surface area contributed by atoms with Crippen molar-refractivity contribution in [2.75, 3.05) is 11.1 Å². The lowest BCUT2D eigenvalue weighted by Gasteiger charge is -2.12. The van der Waals surface area contributed by atoms with Crippen molar-refractivity contribution in [1.29, 1.82) is 0 Å². The lowest BCUT2D eigenvalue weighted by atomic mass is 10.1. The second-order valence-corrected chi connectivity index (χ2v) is 5.05. The molecule has 0 radical (unpaired) electrons. The van der Waals surface area contributed by atoms with Crippen LogP contribution in [0.4, 0.5) is 17.1 Å². The Bertz CT molecular complexity index is 778. The highest BCUT2D eigenvalue weighted by Crippen LogP contribution is 2.30. The number of nitrogen functional groups attached to an aromatic ring is 1. The molecule has 20 heavy (non-hydrogen) atoms. The predicted octanol–water partition coefficient (Wildman–Crippen LogP) is 4.18. The first-order valence-corrected chi connectivity index (χ1v) is 6.61. The molecule has 3 nitrogen and oxygen atoms in total. The fourth-order valence-electron chi connectivity index (χ4n) is 2.30. The summed E-state index contributed by atoms with van der Waals surface area (Å²) in [6, 6.07) is 12.2. The molecule has 3 N–H and O–H groups in total. The van der Waals surface area contributed by atoms with E-state index in [9.17, 15) is 0 Å². The molecule has 1 heterocycles. The fraction of sp³-hybridized carbons (Fsp3) is 0.118. The van der Waals surface area contributed by atoms with Gasteiger partial charge in [-0.05, 0) is 55.3 Å². The highest BCUT2D eigenvalue weighted by molar-refractivity contribution is 6.01. The van der Waals surface area contributed by atoms with Crippen LogP contribution in [0.1, 0.15) is 11.1 Å². The summed E-state index contributed by atoms with van der Waals surface area (Å²) in [5.41, 5.74) is 11.4. The van der Waals surface area contributed by atoms with E-state index >= 15 is 0 Å². The number of benzene rings is 2. The summed E-state index contributed by atoms with van der Waals surface area (Å²) in [4.78, 5) is 4.19. The van der Waals surface area contributed by atoms with Crippen LogP contribution >= 0.6 is 0 Å². The molecule has 0 fully saturated rings. The minimum atomic E-state index is 0.771. The number of fused-ring (bicyclic) bond motifs is 1. The number of hydrogen-bond donors (Lipinski definition) is 2. The molecule has 0 aliphatic carbocycles. The quantitative estimate of drug-likeness (QED) is 0.682. The molecule has 0 aliphatic heterocycles. The van der Waals surface area contributed by atoms with E-state index in [0.29, 0.717) is 0 Å². The fourth-order valence-corrected chi connectivity index (χ4v) is 2.30. The molecule has 0 amide bonds. The van der Waals surface area contributed by atoms with Crippen molar-refractivity contribution < 1.29 is 0 Å². The first kappa shape index (κ1) is 12.5. The van der Waals surface area contributed by atoms with Gasteiger partial charge in [-0.25, -0.2) is 0 Å². The summed E-state index contributed by atoms with van der Waals surface area (Å²) in [6.45, 7) is 4.23. The van der Waals surface area contributed by atoms with Crippen LogP contribution in [0.25, 0.3) is 10.8 Å². The SMILES string of the molecule is Cc1ccc(Nc2ccc(N)c3ccncc23)cc1C. The van der Waals surface area contributed by atoms with E-state index in [1.165, 1.54) is 11.1 Å². The molecule has 3 aromatic rings. The van der Waals surface area contributed by atoms with Crippen LogP contribution in [-0.4, -0.2) is 4.98 Å². The second kappa shape index (κ2) is 4.85. The summed E-state index contributed by atoms with van der Waals surface area (Å²) in [6.07, 6.45) is 3.60. The van der Waals surface area contributed by atoms with Crippen molar-refractivity contribution >= 4 is 27.8 Å². The molecule has 2 aromatic carbocycles. The maximum Gasteiger partial charge on any atom is 0.0481 e. The molecule has 0 spiro atoms. The first-order chi connectivity index (χ1) is 9.65. The molecular weight excluding hydrogens is 246 g/mol. The van der Waals surface area contributed by atoms with E-state index < -0.39 is 0 Å². The Kier molecular flexibility index (Phi) is 3.03. The summed E-state index contributed by atoms with van der Waals surface area (Å²) in [5.74, 6) is 0. The van der Waals surface area contributed by atoms with E-state index in [0.717, 1.165) is 27.8 Å². The van der Waals surface area contributed by atoms with Crippen LogP contribution in [0.2, 0.25) is 0 Å². The van der Waals surface area contributed by atoms with Gasteiger partial charge in [-0.15, -0.1) is 0 Å². The molecule has 0 saturated carbocycles. The lowest BCUT2D eigenvalue weighted by Crippen LogP contribution is -1.95. The molecule has 0 atom stereocenters. The zero-order valence-electron chi connectivity index (χ0n) is 11.6. The smallest absolute Gasteiger partial charge is 0.0481 e. The minimum absolute atomic E-state index is 0.771. The molecule has 0 bridgehead atoms. The average molecular weight is 263 g/mol. The third-order valence-corrected chi connectivity index (χ3v) is 3.64. The van der Waals surface area contributed by atoms with Gasteiger partial charge in [-0.2, -0.15) is 0 Å². The maximum absolute atomic E-state index is 6.01. The van der Waals surface area contributed by atoms with E-state index in [-0.39, 0.29) is 0 Å². The average Bonchev–Trinajstić information content (AvgIpc) is 2.46. The highest BCUT2D eigenvalue weighted by Gasteiger charge is 2.05. The first-order valence-electron chi connectivity index (χ1n) is 6.61. The van der Waals surface area contributed by atoms with Crippen LogP contribution in [-0.2, 0) is 0 Å². The van der Waals surface area contributed by atoms with Crippen LogP contribution in [0.5, 0.6) is 0 Å². The number of aryl methyl sites for hydroxylation is 2. The normalized spacial score (nSPS) is 10.7. The van der Waals surface area contributed by atoms with Gasteiger partial charge < -0.3 is 11.1 Å². The third-order valence-electron chi connectivity index (χ3n) is 3.64. The summed E-state index contributed by atoms with van der Waals surface area (Å²) >= 11 is 0. The van der Waals surface area contributed by atoms with Crippen LogP contribution in [0, 0.1) is 13.8 Å². The van der Waals surface area contributed by atoms with Crippen molar-refractivity contribution in [3.8, 4) is 0 Å². The molecule has 100 valence electrons. The third kappa shape index (κ3) is 2.18. The minimum Gasteiger partial charge on any atom is -0.398 e. The number of nitrogens with zero attached hydrogens (tertiary/aromatic N) is 1. The van der Waals surface area contributed by atoms with Crippen molar-refractivity contribution in [3.05, 3.63) is 59.9 Å². The Morgan fingerprint density at radius 3 is 2.60 bits per heavy atom. The Hall–Kier alpha value is -2.55. The monoisotopic (exact) mass is 263 g/mol. The number of pyridine rings is 1. The van der Waals surface area contributed by atoms with Crippen molar-refractivity contribution in [1.82, 2.24) is 4.98 Å². The van der Waals surface area contributed by atoms with Gasteiger partial charge in [-0.1, -0.05) is 6.07 Å². The van der Waals surface area contributed by atoms with Gasteiger partial charge in [0, 0.05) is 40.2 Å². The van der Waals surface area contributed by atoms with Crippen molar-refractivity contribution in [2.24, 2.45) is 0 Å². The summed E-state index contributed by atoms with van der Waals surface area (Å²) in [7, 11) is 0. The second-order valence-electron chi connectivity index (χ2n) is 5.05. The number of aromatic nitrogens is 1. The Balaban J connectivity index is 2.06. The van der Waals surface area contributed by atoms with Gasteiger partial charge in [0.2, 0.25) is 0 Å². The van der Waals surface area contributed by atoms with E-state index in [1.54, 1.807) is 6.20 Å². The predicted molar refractivity (Wildman–Crippen MR) is 85.4 cm³/mol. The standard InChI is InChI=1S/C17H17N3/c1-11-3-4-13(9-12(11)2)20-17-6-5-16(18)14-7-8-19-10-15(14)17/h3-10,20H,18H2,1-2H3. The highest BCUT2D eigenvalue weighted by atomic mass is 14.9. The number of hydrogen-bond acceptors (Lipinski definition) is 3. The molecule has 3 rings (SSSR count). The van der Waals surface area contributed by atoms with Gasteiger partial charge in [0.15, 0.2) is 0 Å². The molecule has 0 aliphatic rings. The zero-order valence-corrected chi connectivity index (χ0v) is 11.6. The number of rotatable bonds is 2. The van der Waals surface area contributed by atoms with Crippen molar-refractivity contribution in [2.45, 2.75) is 13.8 Å². The number of anilines is 3. The molecule has 3 heteroatoms. The number of nitrogens with one attached hydrogen (secondary N) is 1. The van der Waals surface area contributed by atoms with Crippen LogP contribution in [0.3, 0.4) is 0 Å². The topological polar surface area (TPSA) is 50.9 Å². The Labute approximate surface area is 118 Å². The van der Waals surface area contributed by atoms with E-state index in [1.807, 2.05) is 24.4 Å². The molecule has 0 saturated heterocycles.